The van der Waals surface area contributed by atoms with E-state index in [9.17, 15) is 0 Å². The highest BCUT2D eigenvalue weighted by Crippen LogP contribution is 2.40. The molecule has 0 aromatic carbocycles. The Morgan fingerprint density at radius 2 is 2.17 bits per heavy atom. The number of nitrogens with zero attached hydrogens (tertiary/aromatic N) is 6. The van der Waals surface area contributed by atoms with E-state index >= 15 is 0 Å². The zero-order valence-electron chi connectivity index (χ0n) is 10.2. The lowest BCUT2D eigenvalue weighted by atomic mass is 10.3. The standard InChI is InChI=1S/C11H12N6S/c1-6-8(5-12-16(6)2)10-15-17-9(7-3-4-7)13-14-11(17)18-10/h5,7H,3-4H2,1-2H3. The predicted octanol–water partition coefficient (Wildman–Crippen LogP) is 1.77. The van der Waals surface area contributed by atoms with Gasteiger partial charge in [-0.05, 0) is 19.8 Å². The first kappa shape index (κ1) is 10.2. The van der Waals surface area contributed by atoms with Gasteiger partial charge in [-0.2, -0.15) is 14.7 Å². The number of hydrogen-bond acceptors (Lipinski definition) is 5. The van der Waals surface area contributed by atoms with Crippen LogP contribution in [0.2, 0.25) is 0 Å². The van der Waals surface area contributed by atoms with E-state index in [1.54, 1.807) is 11.3 Å². The van der Waals surface area contributed by atoms with Crippen molar-refractivity contribution in [2.75, 3.05) is 0 Å². The van der Waals surface area contributed by atoms with Crippen LogP contribution < -0.4 is 0 Å². The molecule has 92 valence electrons. The van der Waals surface area contributed by atoms with Crippen molar-refractivity contribution in [1.29, 1.82) is 0 Å². The quantitative estimate of drug-likeness (QED) is 0.704. The van der Waals surface area contributed by atoms with Crippen LogP contribution in [0.4, 0.5) is 0 Å². The van der Waals surface area contributed by atoms with Gasteiger partial charge in [0, 0.05) is 18.7 Å². The summed E-state index contributed by atoms with van der Waals surface area (Å²) in [6.07, 6.45) is 4.27. The van der Waals surface area contributed by atoms with Crippen LogP contribution in [0.3, 0.4) is 0 Å². The highest BCUT2D eigenvalue weighted by atomic mass is 32.1. The Morgan fingerprint density at radius 1 is 1.33 bits per heavy atom. The normalized spacial score (nSPS) is 15.7. The van der Waals surface area contributed by atoms with E-state index < -0.39 is 0 Å². The van der Waals surface area contributed by atoms with Gasteiger partial charge < -0.3 is 0 Å². The monoisotopic (exact) mass is 260 g/mol. The van der Waals surface area contributed by atoms with Crippen molar-refractivity contribution in [2.24, 2.45) is 7.05 Å². The molecule has 1 aliphatic carbocycles. The first-order chi connectivity index (χ1) is 8.74. The third-order valence-electron chi connectivity index (χ3n) is 3.42. The fourth-order valence-electron chi connectivity index (χ4n) is 2.05. The van der Waals surface area contributed by atoms with E-state index in [4.69, 9.17) is 0 Å². The summed E-state index contributed by atoms with van der Waals surface area (Å²) in [5.74, 6) is 1.57. The van der Waals surface area contributed by atoms with Gasteiger partial charge in [-0.25, -0.2) is 0 Å². The van der Waals surface area contributed by atoms with Gasteiger partial charge in [-0.3, -0.25) is 4.68 Å². The fourth-order valence-corrected chi connectivity index (χ4v) is 2.95. The summed E-state index contributed by atoms with van der Waals surface area (Å²) in [6, 6.07) is 0. The topological polar surface area (TPSA) is 60.9 Å². The van der Waals surface area contributed by atoms with Crippen molar-refractivity contribution in [3.05, 3.63) is 17.7 Å². The second-order valence-corrected chi connectivity index (χ2v) is 5.66. The molecule has 0 atom stereocenters. The minimum absolute atomic E-state index is 0.560. The van der Waals surface area contributed by atoms with Crippen molar-refractivity contribution in [3.8, 4) is 10.6 Å². The van der Waals surface area contributed by atoms with Gasteiger partial charge in [0.2, 0.25) is 4.96 Å². The maximum absolute atomic E-state index is 4.64. The Balaban J connectivity index is 1.88. The Morgan fingerprint density at radius 3 is 2.83 bits per heavy atom. The molecule has 3 aromatic heterocycles. The lowest BCUT2D eigenvalue weighted by Gasteiger charge is -1.95. The molecule has 1 aliphatic rings. The minimum Gasteiger partial charge on any atom is -0.272 e. The summed E-state index contributed by atoms with van der Waals surface area (Å²) in [4.78, 5) is 0.871. The highest BCUT2D eigenvalue weighted by molar-refractivity contribution is 7.19. The Kier molecular flexibility index (Phi) is 1.91. The Labute approximate surface area is 107 Å². The molecule has 0 spiro atoms. The van der Waals surface area contributed by atoms with E-state index in [1.165, 1.54) is 12.8 Å². The Bertz CT molecular complexity index is 732. The summed E-state index contributed by atoms with van der Waals surface area (Å²) in [6.45, 7) is 2.05. The van der Waals surface area contributed by atoms with E-state index in [1.807, 2.05) is 29.4 Å². The molecule has 0 saturated heterocycles. The summed E-state index contributed by atoms with van der Waals surface area (Å²) >= 11 is 1.57. The Hall–Kier alpha value is -1.76. The summed E-state index contributed by atoms with van der Waals surface area (Å²) in [7, 11) is 1.94. The van der Waals surface area contributed by atoms with Crippen molar-refractivity contribution < 1.29 is 0 Å². The molecular formula is C11H12N6S. The molecule has 0 aliphatic heterocycles. The maximum atomic E-state index is 4.64. The second-order valence-electron chi connectivity index (χ2n) is 4.70. The van der Waals surface area contributed by atoms with Crippen LogP contribution in [0.15, 0.2) is 6.20 Å². The van der Waals surface area contributed by atoms with Crippen LogP contribution in [0, 0.1) is 6.92 Å². The molecule has 1 fully saturated rings. The molecule has 0 radical (unpaired) electrons. The van der Waals surface area contributed by atoms with Crippen LogP contribution in [0.5, 0.6) is 0 Å². The smallest absolute Gasteiger partial charge is 0.234 e. The first-order valence-corrected chi connectivity index (χ1v) is 6.77. The molecule has 3 aromatic rings. The molecule has 0 N–H and O–H groups in total. The average molecular weight is 260 g/mol. The van der Waals surface area contributed by atoms with E-state index in [0.717, 1.165) is 27.1 Å². The van der Waals surface area contributed by atoms with Gasteiger partial charge >= 0.3 is 0 Å². The van der Waals surface area contributed by atoms with Gasteiger partial charge in [-0.1, -0.05) is 11.3 Å². The van der Waals surface area contributed by atoms with Gasteiger partial charge in [0.25, 0.3) is 0 Å². The van der Waals surface area contributed by atoms with Crippen LogP contribution in [0.25, 0.3) is 15.5 Å². The lowest BCUT2D eigenvalue weighted by Crippen LogP contribution is -1.94. The average Bonchev–Trinajstić information content (AvgIpc) is 2.85. The number of aromatic nitrogens is 6. The molecule has 3 heterocycles. The molecule has 0 bridgehead atoms. The summed E-state index contributed by atoms with van der Waals surface area (Å²) < 4.78 is 3.75. The van der Waals surface area contributed by atoms with Gasteiger partial charge in [0.15, 0.2) is 10.8 Å². The zero-order chi connectivity index (χ0) is 12.3. The van der Waals surface area contributed by atoms with Crippen LogP contribution in [0.1, 0.15) is 30.3 Å². The van der Waals surface area contributed by atoms with E-state index in [2.05, 4.69) is 20.4 Å². The summed E-state index contributed by atoms with van der Waals surface area (Å²) in [5, 5.41) is 18.3. The largest absolute Gasteiger partial charge is 0.272 e. The predicted molar refractivity (Wildman–Crippen MR) is 67.6 cm³/mol. The summed E-state index contributed by atoms with van der Waals surface area (Å²) in [5.41, 5.74) is 2.20. The molecule has 18 heavy (non-hydrogen) atoms. The second kappa shape index (κ2) is 3.38. The van der Waals surface area contributed by atoms with Crippen LogP contribution >= 0.6 is 11.3 Å². The highest BCUT2D eigenvalue weighted by Gasteiger charge is 2.30. The van der Waals surface area contributed by atoms with Gasteiger partial charge in [-0.15, -0.1) is 10.2 Å². The van der Waals surface area contributed by atoms with E-state index in [-0.39, 0.29) is 0 Å². The van der Waals surface area contributed by atoms with Crippen molar-refractivity contribution >= 4 is 16.3 Å². The molecular weight excluding hydrogens is 248 g/mol. The maximum Gasteiger partial charge on any atom is 0.234 e. The number of aryl methyl sites for hydroxylation is 1. The van der Waals surface area contributed by atoms with Crippen molar-refractivity contribution in [3.63, 3.8) is 0 Å². The van der Waals surface area contributed by atoms with Crippen LogP contribution in [-0.2, 0) is 7.05 Å². The SMILES string of the molecule is Cc1c(-c2nn3c(C4CC4)nnc3s2)cnn1C. The third kappa shape index (κ3) is 1.34. The van der Waals surface area contributed by atoms with Crippen molar-refractivity contribution in [1.82, 2.24) is 29.6 Å². The molecule has 0 amide bonds. The number of hydrogen-bond donors (Lipinski definition) is 0. The van der Waals surface area contributed by atoms with E-state index in [0.29, 0.717) is 5.92 Å². The van der Waals surface area contributed by atoms with Crippen molar-refractivity contribution in [2.45, 2.75) is 25.7 Å². The van der Waals surface area contributed by atoms with Crippen LogP contribution in [-0.4, -0.2) is 29.6 Å². The lowest BCUT2D eigenvalue weighted by molar-refractivity contribution is 0.740. The molecule has 4 rings (SSSR count). The third-order valence-corrected chi connectivity index (χ3v) is 4.36. The number of rotatable bonds is 2. The minimum atomic E-state index is 0.560. The number of fused-ring (bicyclic) bond motifs is 1. The first-order valence-electron chi connectivity index (χ1n) is 5.95. The molecule has 0 unspecified atom stereocenters. The molecule has 7 heteroatoms. The zero-order valence-corrected chi connectivity index (χ0v) is 11.0. The fraction of sp³-hybridized carbons (Fsp3) is 0.455. The van der Waals surface area contributed by atoms with Gasteiger partial charge in [0.1, 0.15) is 0 Å². The van der Waals surface area contributed by atoms with Gasteiger partial charge in [0.05, 0.1) is 11.8 Å². The molecule has 1 saturated carbocycles. The molecule has 6 nitrogen and oxygen atoms in total.